The van der Waals surface area contributed by atoms with Crippen molar-refractivity contribution in [3.63, 3.8) is 0 Å². The third-order valence-electron chi connectivity index (χ3n) is 4.83. The van der Waals surface area contributed by atoms with Gasteiger partial charge in [0.1, 0.15) is 5.69 Å². The lowest BCUT2D eigenvalue weighted by atomic mass is 10.1. The van der Waals surface area contributed by atoms with Gasteiger partial charge in [0.05, 0.1) is 0 Å². The Morgan fingerprint density at radius 3 is 2.57 bits per heavy atom. The number of nitrogens with one attached hydrogen (secondary N) is 3. The highest BCUT2D eigenvalue weighted by Gasteiger charge is 2.11. The van der Waals surface area contributed by atoms with E-state index < -0.39 is 0 Å². The van der Waals surface area contributed by atoms with Crippen LogP contribution < -0.4 is 10.6 Å². The van der Waals surface area contributed by atoms with E-state index in [0.29, 0.717) is 29.9 Å². The van der Waals surface area contributed by atoms with Crippen LogP contribution in [0.1, 0.15) is 32.1 Å². The van der Waals surface area contributed by atoms with Gasteiger partial charge in [-0.1, -0.05) is 23.8 Å². The SMILES string of the molecule is Cc1ccc(C(=O)Nc2ccc3[nH]c(C(=O)NCCc4ccccn4)cc3c2)cc1. The van der Waals surface area contributed by atoms with Gasteiger partial charge in [0.25, 0.3) is 11.8 Å². The molecule has 0 aliphatic carbocycles. The molecule has 4 rings (SSSR count). The zero-order valence-electron chi connectivity index (χ0n) is 16.6. The molecule has 0 fully saturated rings. The summed E-state index contributed by atoms with van der Waals surface area (Å²) in [5.74, 6) is -0.343. The Bertz CT molecular complexity index is 1180. The van der Waals surface area contributed by atoms with Crippen LogP contribution in [0.25, 0.3) is 10.9 Å². The summed E-state index contributed by atoms with van der Waals surface area (Å²) in [5, 5.41) is 6.66. The molecule has 0 unspecified atom stereocenters. The second-order valence-electron chi connectivity index (χ2n) is 7.13. The number of anilines is 1. The summed E-state index contributed by atoms with van der Waals surface area (Å²) >= 11 is 0. The van der Waals surface area contributed by atoms with Crippen LogP contribution in [0.3, 0.4) is 0 Å². The molecule has 30 heavy (non-hydrogen) atoms. The highest BCUT2D eigenvalue weighted by atomic mass is 16.2. The van der Waals surface area contributed by atoms with Gasteiger partial charge in [-0.15, -0.1) is 0 Å². The molecular weight excluding hydrogens is 376 g/mol. The van der Waals surface area contributed by atoms with Gasteiger partial charge in [-0.05, 0) is 55.5 Å². The Hall–Kier alpha value is -3.93. The minimum Gasteiger partial charge on any atom is -0.351 e. The predicted molar refractivity (Wildman–Crippen MR) is 118 cm³/mol. The van der Waals surface area contributed by atoms with E-state index in [0.717, 1.165) is 22.2 Å². The normalized spacial score (nSPS) is 10.7. The molecule has 2 aromatic heterocycles. The number of nitrogens with zero attached hydrogens (tertiary/aromatic N) is 1. The molecule has 2 amide bonds. The molecule has 0 saturated heterocycles. The van der Waals surface area contributed by atoms with E-state index in [1.807, 2.05) is 55.5 Å². The number of hydrogen-bond acceptors (Lipinski definition) is 3. The molecule has 150 valence electrons. The van der Waals surface area contributed by atoms with E-state index in [1.165, 1.54) is 0 Å². The van der Waals surface area contributed by atoms with Gasteiger partial charge in [-0.2, -0.15) is 0 Å². The van der Waals surface area contributed by atoms with E-state index in [9.17, 15) is 9.59 Å². The molecule has 0 radical (unpaired) electrons. The van der Waals surface area contributed by atoms with Crippen molar-refractivity contribution in [2.45, 2.75) is 13.3 Å². The number of carbonyl (C=O) groups excluding carboxylic acids is 2. The summed E-state index contributed by atoms with van der Waals surface area (Å²) in [7, 11) is 0. The molecule has 4 aromatic rings. The number of amides is 2. The fourth-order valence-corrected chi connectivity index (χ4v) is 3.19. The number of fused-ring (bicyclic) bond motifs is 1. The van der Waals surface area contributed by atoms with E-state index in [4.69, 9.17) is 0 Å². The van der Waals surface area contributed by atoms with Crippen molar-refractivity contribution in [1.82, 2.24) is 15.3 Å². The molecule has 0 atom stereocenters. The first-order chi connectivity index (χ1) is 14.6. The Morgan fingerprint density at radius 2 is 1.80 bits per heavy atom. The van der Waals surface area contributed by atoms with Crippen LogP contribution in [-0.4, -0.2) is 28.3 Å². The highest BCUT2D eigenvalue weighted by Crippen LogP contribution is 2.21. The maximum atomic E-state index is 12.4. The Balaban J connectivity index is 1.41. The highest BCUT2D eigenvalue weighted by molar-refractivity contribution is 6.05. The Kier molecular flexibility index (Phi) is 5.57. The number of benzene rings is 2. The smallest absolute Gasteiger partial charge is 0.267 e. The second kappa shape index (κ2) is 8.61. The van der Waals surface area contributed by atoms with Crippen molar-refractivity contribution in [2.24, 2.45) is 0 Å². The van der Waals surface area contributed by atoms with Crippen molar-refractivity contribution in [2.75, 3.05) is 11.9 Å². The van der Waals surface area contributed by atoms with E-state index in [-0.39, 0.29) is 11.8 Å². The van der Waals surface area contributed by atoms with Crippen molar-refractivity contribution in [3.8, 4) is 0 Å². The molecule has 0 aliphatic rings. The van der Waals surface area contributed by atoms with E-state index >= 15 is 0 Å². The van der Waals surface area contributed by atoms with Crippen molar-refractivity contribution < 1.29 is 9.59 Å². The molecule has 6 heteroatoms. The zero-order chi connectivity index (χ0) is 20.9. The van der Waals surface area contributed by atoms with Crippen LogP contribution >= 0.6 is 0 Å². The Labute approximate surface area is 174 Å². The first-order valence-corrected chi connectivity index (χ1v) is 9.77. The molecule has 0 saturated carbocycles. The van der Waals surface area contributed by atoms with E-state index in [1.54, 1.807) is 24.4 Å². The summed E-state index contributed by atoms with van der Waals surface area (Å²) in [6, 6.07) is 20.4. The molecule has 2 aromatic carbocycles. The molecule has 3 N–H and O–H groups in total. The van der Waals surface area contributed by atoms with Crippen molar-refractivity contribution >= 4 is 28.4 Å². The van der Waals surface area contributed by atoms with Gasteiger partial charge in [0.2, 0.25) is 0 Å². The second-order valence-corrected chi connectivity index (χ2v) is 7.13. The number of aromatic nitrogens is 2. The van der Waals surface area contributed by atoms with Gasteiger partial charge in [-0.25, -0.2) is 0 Å². The van der Waals surface area contributed by atoms with Gasteiger partial charge in [0.15, 0.2) is 0 Å². The molecule has 0 aliphatic heterocycles. The number of pyridine rings is 1. The average Bonchev–Trinajstić information content (AvgIpc) is 3.18. The molecule has 0 bridgehead atoms. The van der Waals surface area contributed by atoms with Crippen molar-refractivity contribution in [1.29, 1.82) is 0 Å². The Morgan fingerprint density at radius 1 is 0.967 bits per heavy atom. The molecule has 2 heterocycles. The molecular formula is C24H22N4O2. The maximum absolute atomic E-state index is 12.4. The average molecular weight is 398 g/mol. The molecule has 6 nitrogen and oxygen atoms in total. The number of H-pyrrole nitrogens is 1. The van der Waals surface area contributed by atoms with Crippen LogP contribution in [0.5, 0.6) is 0 Å². The van der Waals surface area contributed by atoms with Crippen LogP contribution in [0.4, 0.5) is 5.69 Å². The minimum atomic E-state index is -0.174. The number of carbonyl (C=O) groups is 2. The van der Waals surface area contributed by atoms with E-state index in [2.05, 4.69) is 20.6 Å². The lowest BCUT2D eigenvalue weighted by Gasteiger charge is -2.05. The number of rotatable bonds is 6. The standard InChI is InChI=1S/C24H22N4O2/c1-16-5-7-17(8-6-16)23(29)27-20-9-10-21-18(14-20)15-22(28-21)24(30)26-13-11-19-4-2-3-12-25-19/h2-10,12,14-15,28H,11,13H2,1H3,(H,26,30)(H,27,29). The van der Waals surface area contributed by atoms with Gasteiger partial charge < -0.3 is 15.6 Å². The quantitative estimate of drug-likeness (QED) is 0.457. The van der Waals surface area contributed by atoms with Gasteiger partial charge in [-0.3, -0.25) is 14.6 Å². The van der Waals surface area contributed by atoms with Gasteiger partial charge >= 0.3 is 0 Å². The number of hydrogen-bond donors (Lipinski definition) is 3. The first kappa shape index (κ1) is 19.4. The fraction of sp³-hybridized carbons (Fsp3) is 0.125. The number of aryl methyl sites for hydroxylation is 1. The number of aromatic amines is 1. The summed E-state index contributed by atoms with van der Waals surface area (Å²) in [6.07, 6.45) is 2.41. The minimum absolute atomic E-state index is 0.169. The third-order valence-corrected chi connectivity index (χ3v) is 4.83. The summed E-state index contributed by atoms with van der Waals surface area (Å²) < 4.78 is 0. The predicted octanol–water partition coefficient (Wildman–Crippen LogP) is 4.10. The lowest BCUT2D eigenvalue weighted by molar-refractivity contribution is 0.0949. The lowest BCUT2D eigenvalue weighted by Crippen LogP contribution is -2.26. The first-order valence-electron chi connectivity index (χ1n) is 9.77. The largest absolute Gasteiger partial charge is 0.351 e. The van der Waals surface area contributed by atoms with Crippen LogP contribution in [0, 0.1) is 6.92 Å². The van der Waals surface area contributed by atoms with Gasteiger partial charge in [0, 0.05) is 47.0 Å². The topological polar surface area (TPSA) is 86.9 Å². The van der Waals surface area contributed by atoms with Crippen molar-refractivity contribution in [3.05, 3.63) is 95.4 Å². The zero-order valence-corrected chi connectivity index (χ0v) is 16.6. The van der Waals surface area contributed by atoms with Crippen LogP contribution in [-0.2, 0) is 6.42 Å². The molecule has 0 spiro atoms. The summed E-state index contributed by atoms with van der Waals surface area (Å²) in [4.78, 5) is 32.2. The summed E-state index contributed by atoms with van der Waals surface area (Å²) in [5.41, 5.74) is 4.62. The monoisotopic (exact) mass is 398 g/mol. The summed E-state index contributed by atoms with van der Waals surface area (Å²) in [6.45, 7) is 2.48. The van der Waals surface area contributed by atoms with Crippen LogP contribution in [0.15, 0.2) is 72.9 Å². The van der Waals surface area contributed by atoms with Crippen LogP contribution in [0.2, 0.25) is 0 Å². The third kappa shape index (κ3) is 4.55. The maximum Gasteiger partial charge on any atom is 0.267 e. The fourth-order valence-electron chi connectivity index (χ4n) is 3.19.